The fourth-order valence-electron chi connectivity index (χ4n) is 3.82. The molecule has 2 aromatic carbocycles. The minimum absolute atomic E-state index is 0.197. The SMILES string of the molecule is C=CCOC(=O)CN(C[C@H](NC(=O)[C@@](OC)(c1ccccc1)C(F)(F)F)C(=O)OC(C)(C)C)C(=O)OCc1ccccc1. The molecule has 13 heteroatoms. The van der Waals surface area contributed by atoms with Crippen LogP contribution in [-0.2, 0) is 45.5 Å². The van der Waals surface area contributed by atoms with Crippen LogP contribution in [-0.4, -0.2) is 73.5 Å². The summed E-state index contributed by atoms with van der Waals surface area (Å²) in [5.74, 6) is -3.87. The van der Waals surface area contributed by atoms with Crippen molar-refractivity contribution in [3.05, 3.63) is 84.4 Å². The lowest BCUT2D eigenvalue weighted by Gasteiger charge is -2.35. The van der Waals surface area contributed by atoms with E-state index in [1.165, 1.54) is 45.0 Å². The maximum Gasteiger partial charge on any atom is 0.430 e. The maximum absolute atomic E-state index is 14.5. The molecule has 0 radical (unpaired) electrons. The first kappa shape index (κ1) is 34.8. The number of carbonyl (C=O) groups excluding carboxylic acids is 4. The van der Waals surface area contributed by atoms with Gasteiger partial charge in [0.1, 0.15) is 31.4 Å². The summed E-state index contributed by atoms with van der Waals surface area (Å²) in [6, 6.07) is 12.7. The standard InChI is InChI=1S/C30H35F3N2O8/c1-6-17-41-24(36)19-35(27(39)42-20-21-13-9-7-10-14-21)18-23(25(37)43-28(2,3)4)34-26(38)29(40-5,30(31,32)33)22-15-11-8-12-16-22/h6-16,23H,1,17-20H2,2-5H3,(H,34,38)/t23-,29-/m0/s1. The Hall–Kier alpha value is -4.39. The van der Waals surface area contributed by atoms with Crippen molar-refractivity contribution in [3.63, 3.8) is 0 Å². The number of halogens is 3. The first-order valence-electron chi connectivity index (χ1n) is 13.1. The zero-order chi connectivity index (χ0) is 32.3. The molecule has 0 saturated carbocycles. The lowest BCUT2D eigenvalue weighted by molar-refractivity contribution is -0.266. The van der Waals surface area contributed by atoms with Crippen LogP contribution in [0.1, 0.15) is 31.9 Å². The van der Waals surface area contributed by atoms with Gasteiger partial charge in [-0.15, -0.1) is 0 Å². The van der Waals surface area contributed by atoms with Gasteiger partial charge in [-0.25, -0.2) is 9.59 Å². The first-order chi connectivity index (χ1) is 20.1. The Morgan fingerprint density at radius 3 is 2.05 bits per heavy atom. The van der Waals surface area contributed by atoms with Crippen LogP contribution in [0.15, 0.2) is 73.3 Å². The van der Waals surface area contributed by atoms with Crippen LogP contribution in [0.3, 0.4) is 0 Å². The molecule has 0 saturated heterocycles. The van der Waals surface area contributed by atoms with E-state index in [0.717, 1.165) is 12.1 Å². The molecule has 2 rings (SSSR count). The molecule has 0 heterocycles. The van der Waals surface area contributed by atoms with E-state index in [0.29, 0.717) is 17.6 Å². The highest BCUT2D eigenvalue weighted by atomic mass is 19.4. The number of rotatable bonds is 13. The second-order valence-electron chi connectivity index (χ2n) is 10.2. The third kappa shape index (κ3) is 9.84. The van der Waals surface area contributed by atoms with Crippen molar-refractivity contribution < 1.29 is 51.3 Å². The molecule has 43 heavy (non-hydrogen) atoms. The number of ether oxygens (including phenoxy) is 4. The van der Waals surface area contributed by atoms with Crippen molar-refractivity contribution in [3.8, 4) is 0 Å². The van der Waals surface area contributed by atoms with Crippen molar-refractivity contribution in [2.24, 2.45) is 0 Å². The summed E-state index contributed by atoms with van der Waals surface area (Å²) in [5.41, 5.74) is -4.63. The first-order valence-corrected chi connectivity index (χ1v) is 13.1. The Labute approximate surface area is 247 Å². The van der Waals surface area contributed by atoms with Gasteiger partial charge in [-0.3, -0.25) is 14.5 Å². The molecule has 0 bridgehead atoms. The molecule has 2 atom stereocenters. The summed E-state index contributed by atoms with van der Waals surface area (Å²) in [5, 5.41) is 2.04. The van der Waals surface area contributed by atoms with Crippen molar-refractivity contribution in [1.82, 2.24) is 10.2 Å². The average Bonchev–Trinajstić information content (AvgIpc) is 2.94. The molecule has 2 amide bonds. The Kier molecular flexibility index (Phi) is 12.3. The molecule has 0 aliphatic carbocycles. The largest absolute Gasteiger partial charge is 0.460 e. The molecule has 0 unspecified atom stereocenters. The van der Waals surface area contributed by atoms with Crippen LogP contribution >= 0.6 is 0 Å². The van der Waals surface area contributed by atoms with Crippen molar-refractivity contribution in [2.45, 2.75) is 50.8 Å². The van der Waals surface area contributed by atoms with Crippen LogP contribution in [0.2, 0.25) is 0 Å². The number of amides is 2. The molecule has 1 N–H and O–H groups in total. The topological polar surface area (TPSA) is 120 Å². The maximum atomic E-state index is 14.5. The van der Waals surface area contributed by atoms with E-state index in [-0.39, 0.29) is 13.2 Å². The van der Waals surface area contributed by atoms with Crippen LogP contribution in [0.25, 0.3) is 0 Å². The Morgan fingerprint density at radius 1 is 0.953 bits per heavy atom. The van der Waals surface area contributed by atoms with E-state index >= 15 is 0 Å². The molecule has 0 aliphatic rings. The minimum atomic E-state index is -5.28. The summed E-state index contributed by atoms with van der Waals surface area (Å²) in [6.07, 6.45) is -5.11. The van der Waals surface area contributed by atoms with Gasteiger partial charge in [-0.2, -0.15) is 13.2 Å². The number of nitrogens with zero attached hydrogens (tertiary/aromatic N) is 1. The van der Waals surface area contributed by atoms with Gasteiger partial charge < -0.3 is 24.3 Å². The third-order valence-corrected chi connectivity index (χ3v) is 5.75. The summed E-state index contributed by atoms with van der Waals surface area (Å²) in [6.45, 7) is 5.92. The number of methoxy groups -OCH3 is 1. The van der Waals surface area contributed by atoms with Gasteiger partial charge in [0.25, 0.3) is 11.5 Å². The highest BCUT2D eigenvalue weighted by Gasteiger charge is 2.63. The molecule has 2 aromatic rings. The van der Waals surface area contributed by atoms with Crippen LogP contribution < -0.4 is 5.32 Å². The molecule has 234 valence electrons. The highest BCUT2D eigenvalue weighted by Crippen LogP contribution is 2.42. The normalized spacial score (nSPS) is 13.6. The van der Waals surface area contributed by atoms with Crippen molar-refractivity contribution in [1.29, 1.82) is 0 Å². The predicted molar refractivity (Wildman–Crippen MR) is 148 cm³/mol. The summed E-state index contributed by atoms with van der Waals surface area (Å²) < 4.78 is 63.9. The van der Waals surface area contributed by atoms with Gasteiger partial charge in [0.15, 0.2) is 0 Å². The van der Waals surface area contributed by atoms with Gasteiger partial charge in [-0.05, 0) is 26.3 Å². The number of carbonyl (C=O) groups is 4. The number of benzene rings is 2. The van der Waals surface area contributed by atoms with Crippen LogP contribution in [0.4, 0.5) is 18.0 Å². The number of esters is 2. The van der Waals surface area contributed by atoms with Gasteiger partial charge in [0.05, 0.1) is 6.54 Å². The molecule has 10 nitrogen and oxygen atoms in total. The predicted octanol–water partition coefficient (Wildman–Crippen LogP) is 4.29. The molecule has 0 aliphatic heterocycles. The van der Waals surface area contributed by atoms with E-state index in [1.807, 2.05) is 5.32 Å². The van der Waals surface area contributed by atoms with Gasteiger partial charge in [-0.1, -0.05) is 73.3 Å². The summed E-state index contributed by atoms with van der Waals surface area (Å²) >= 11 is 0. The monoisotopic (exact) mass is 608 g/mol. The third-order valence-electron chi connectivity index (χ3n) is 5.75. The van der Waals surface area contributed by atoms with E-state index < -0.39 is 66.0 Å². The fraction of sp³-hybridized carbons (Fsp3) is 0.400. The second-order valence-corrected chi connectivity index (χ2v) is 10.2. The zero-order valence-electron chi connectivity index (χ0n) is 24.3. The van der Waals surface area contributed by atoms with E-state index in [9.17, 15) is 32.3 Å². The Bertz CT molecular complexity index is 1250. The van der Waals surface area contributed by atoms with Crippen molar-refractivity contribution in [2.75, 3.05) is 26.8 Å². The van der Waals surface area contributed by atoms with Crippen LogP contribution in [0, 0.1) is 0 Å². The Morgan fingerprint density at radius 2 is 1.53 bits per heavy atom. The molecular weight excluding hydrogens is 573 g/mol. The zero-order valence-corrected chi connectivity index (χ0v) is 24.3. The molecule has 0 aromatic heterocycles. The molecular formula is C30H35F3N2O8. The summed E-state index contributed by atoms with van der Waals surface area (Å²) in [7, 11) is 0.700. The smallest absolute Gasteiger partial charge is 0.430 e. The van der Waals surface area contributed by atoms with Gasteiger partial charge in [0, 0.05) is 12.7 Å². The second kappa shape index (κ2) is 15.2. The molecule has 0 spiro atoms. The van der Waals surface area contributed by atoms with Gasteiger partial charge in [0.2, 0.25) is 0 Å². The summed E-state index contributed by atoms with van der Waals surface area (Å²) in [4.78, 5) is 52.9. The number of nitrogens with one attached hydrogen (secondary N) is 1. The average molecular weight is 609 g/mol. The van der Waals surface area contributed by atoms with Gasteiger partial charge >= 0.3 is 24.2 Å². The molecule has 0 fully saturated rings. The Balaban J connectivity index is 2.48. The van der Waals surface area contributed by atoms with E-state index in [2.05, 4.69) is 6.58 Å². The minimum Gasteiger partial charge on any atom is -0.460 e. The number of hydrogen-bond donors (Lipinski definition) is 1. The number of alkyl halides is 3. The van der Waals surface area contributed by atoms with Crippen LogP contribution in [0.5, 0.6) is 0 Å². The highest BCUT2D eigenvalue weighted by molar-refractivity contribution is 5.92. The fourth-order valence-corrected chi connectivity index (χ4v) is 3.82. The quantitative estimate of drug-likeness (QED) is 0.203. The lowest BCUT2D eigenvalue weighted by atomic mass is 9.91. The van der Waals surface area contributed by atoms with E-state index in [1.54, 1.807) is 30.3 Å². The van der Waals surface area contributed by atoms with E-state index in [4.69, 9.17) is 18.9 Å². The lowest BCUT2D eigenvalue weighted by Crippen LogP contribution is -2.61. The number of hydrogen-bond acceptors (Lipinski definition) is 8. The van der Waals surface area contributed by atoms with Crippen molar-refractivity contribution >= 4 is 23.9 Å².